The van der Waals surface area contributed by atoms with E-state index in [1.165, 1.54) is 77.0 Å². The summed E-state index contributed by atoms with van der Waals surface area (Å²) in [6.07, 6.45) is 38.1. The molecular weight excluding hydrogens is 1130 g/mol. The zero-order chi connectivity index (χ0) is 64.0. The second-order valence-electron chi connectivity index (χ2n) is 23.5. The van der Waals surface area contributed by atoms with Crippen molar-refractivity contribution in [1.29, 1.82) is 0 Å². The molecule has 88 heavy (non-hydrogen) atoms. The number of carbonyl (C=O) groups excluding carboxylic acids is 1. The molecule has 3 heterocycles. The second-order valence-corrected chi connectivity index (χ2v) is 23.5. The van der Waals surface area contributed by atoms with Crippen molar-refractivity contribution in [3.63, 3.8) is 0 Å². The number of unbranched alkanes of at least 4 members (excludes halogenated alkanes) is 19. The minimum absolute atomic E-state index is 0.222. The van der Waals surface area contributed by atoms with Crippen LogP contribution in [0.25, 0.3) is 0 Å². The van der Waals surface area contributed by atoms with Crippen molar-refractivity contribution in [2.24, 2.45) is 0 Å². The van der Waals surface area contributed by atoms with E-state index in [9.17, 15) is 61.0 Å². The average Bonchev–Trinajstić information content (AvgIpc) is 3.39. The van der Waals surface area contributed by atoms with E-state index in [4.69, 9.17) is 28.4 Å². The van der Waals surface area contributed by atoms with Gasteiger partial charge in [0.05, 0.1) is 38.6 Å². The van der Waals surface area contributed by atoms with E-state index in [1.54, 1.807) is 6.08 Å². The van der Waals surface area contributed by atoms with Gasteiger partial charge >= 0.3 is 0 Å². The maximum absolute atomic E-state index is 13.4. The van der Waals surface area contributed by atoms with E-state index < -0.39 is 124 Å². The molecule has 0 aromatic carbocycles. The molecule has 19 nitrogen and oxygen atoms in total. The number of amides is 1. The van der Waals surface area contributed by atoms with Gasteiger partial charge in [-0.1, -0.05) is 201 Å². The molecule has 3 saturated heterocycles. The predicted molar refractivity (Wildman–Crippen MR) is 341 cm³/mol. The molecular formula is C69H117NO18. The van der Waals surface area contributed by atoms with Crippen molar-refractivity contribution in [3.8, 4) is 0 Å². The summed E-state index contributed by atoms with van der Waals surface area (Å²) in [7, 11) is 0. The Kier molecular flexibility index (Phi) is 45.1. The first-order valence-electron chi connectivity index (χ1n) is 33.5. The first kappa shape index (κ1) is 78.9. The van der Waals surface area contributed by atoms with Crippen LogP contribution in [0.4, 0.5) is 0 Å². The minimum Gasteiger partial charge on any atom is -0.394 e. The fourth-order valence-corrected chi connectivity index (χ4v) is 10.7. The van der Waals surface area contributed by atoms with Crippen LogP contribution in [0.5, 0.6) is 0 Å². The highest BCUT2D eigenvalue weighted by molar-refractivity contribution is 5.76. The average molecular weight is 1250 g/mol. The Morgan fingerprint density at radius 2 is 0.795 bits per heavy atom. The Morgan fingerprint density at radius 3 is 1.27 bits per heavy atom. The second kappa shape index (κ2) is 50.3. The van der Waals surface area contributed by atoms with Crippen LogP contribution in [-0.2, 0) is 33.2 Å². The summed E-state index contributed by atoms with van der Waals surface area (Å²) in [4.78, 5) is 13.4. The molecule has 506 valence electrons. The number of carbonyl (C=O) groups is 1. The Bertz CT molecular complexity index is 1970. The van der Waals surface area contributed by atoms with Crippen LogP contribution in [0, 0.1) is 0 Å². The third-order valence-corrected chi connectivity index (χ3v) is 16.1. The highest BCUT2D eigenvalue weighted by Crippen LogP contribution is 2.33. The first-order valence-corrected chi connectivity index (χ1v) is 33.5. The van der Waals surface area contributed by atoms with Crippen LogP contribution in [-0.4, -0.2) is 193 Å². The highest BCUT2D eigenvalue weighted by atomic mass is 16.8. The van der Waals surface area contributed by atoms with Crippen molar-refractivity contribution in [2.45, 2.75) is 304 Å². The molecule has 3 aliphatic heterocycles. The van der Waals surface area contributed by atoms with Gasteiger partial charge in [-0.2, -0.15) is 0 Å². The maximum atomic E-state index is 13.4. The summed E-state index contributed by atoms with van der Waals surface area (Å²) < 4.78 is 34.3. The van der Waals surface area contributed by atoms with E-state index in [1.807, 2.05) is 6.08 Å². The van der Waals surface area contributed by atoms with Crippen LogP contribution < -0.4 is 5.32 Å². The van der Waals surface area contributed by atoms with Gasteiger partial charge in [-0.25, -0.2) is 0 Å². The van der Waals surface area contributed by atoms with Crippen LogP contribution in [0.15, 0.2) is 97.2 Å². The van der Waals surface area contributed by atoms with Crippen molar-refractivity contribution >= 4 is 5.91 Å². The molecule has 3 rings (SSSR count). The standard InChI is InChI=1S/C69H117NO18/c1-3-5-7-9-11-13-15-17-19-21-22-23-24-25-26-27-28-29-30-31-33-35-37-39-41-43-45-47-57(75)70-52(53(74)46-44-42-40-38-36-34-32-20-18-16-14-12-10-8-6-4-2)51-83-67-63(81)60(78)65(55(49-72)85-67)88-69-64(82)61(79)66(56(50-73)86-69)87-68-62(80)59(77)58(76)54(48-71)84-68/h5,7,11,13,17-20,22-23,25-26,36,38,44,46,52-56,58-69,71-74,76-82H,3-4,6,8-10,12,14-16,21,24,27-35,37,39-43,45,47-51H2,1-2H3,(H,70,75)/b7-5-,13-11-,19-17-,20-18+,23-22-,26-25-,38-36+,46-44+. The molecule has 0 aliphatic carbocycles. The zero-order valence-corrected chi connectivity index (χ0v) is 53.2. The van der Waals surface area contributed by atoms with Crippen molar-refractivity contribution in [2.75, 3.05) is 26.4 Å². The maximum Gasteiger partial charge on any atom is 0.220 e. The lowest BCUT2D eigenvalue weighted by Gasteiger charge is -2.48. The van der Waals surface area contributed by atoms with Gasteiger partial charge in [0.15, 0.2) is 18.9 Å². The van der Waals surface area contributed by atoms with E-state index >= 15 is 0 Å². The Morgan fingerprint density at radius 1 is 0.420 bits per heavy atom. The van der Waals surface area contributed by atoms with Crippen LogP contribution in [0.2, 0.25) is 0 Å². The number of allylic oxidation sites excluding steroid dienone is 15. The van der Waals surface area contributed by atoms with E-state index in [0.717, 1.165) is 89.9 Å². The van der Waals surface area contributed by atoms with Crippen molar-refractivity contribution < 1.29 is 89.4 Å². The largest absolute Gasteiger partial charge is 0.394 e. The van der Waals surface area contributed by atoms with Crippen molar-refractivity contribution in [1.82, 2.24) is 5.32 Å². The number of nitrogens with one attached hydrogen (secondary N) is 1. The molecule has 0 spiro atoms. The summed E-state index contributed by atoms with van der Waals surface area (Å²) in [6.45, 7) is 1.56. The van der Waals surface area contributed by atoms with Gasteiger partial charge in [-0.05, 0) is 89.9 Å². The van der Waals surface area contributed by atoms with Crippen LogP contribution >= 0.6 is 0 Å². The fourth-order valence-electron chi connectivity index (χ4n) is 10.7. The third-order valence-electron chi connectivity index (χ3n) is 16.1. The monoisotopic (exact) mass is 1250 g/mol. The summed E-state index contributed by atoms with van der Waals surface area (Å²) >= 11 is 0. The Labute approximate surface area is 526 Å². The number of aliphatic hydroxyl groups is 11. The summed E-state index contributed by atoms with van der Waals surface area (Å²) in [5.41, 5.74) is 0. The van der Waals surface area contributed by atoms with E-state index in [-0.39, 0.29) is 18.9 Å². The van der Waals surface area contributed by atoms with Gasteiger partial charge in [0.25, 0.3) is 0 Å². The topological polar surface area (TPSA) is 307 Å². The van der Waals surface area contributed by atoms with Gasteiger partial charge in [0, 0.05) is 6.42 Å². The zero-order valence-electron chi connectivity index (χ0n) is 53.2. The normalized spacial score (nSPS) is 29.0. The van der Waals surface area contributed by atoms with Gasteiger partial charge < -0.3 is 89.9 Å². The number of hydrogen-bond donors (Lipinski definition) is 12. The van der Waals surface area contributed by atoms with E-state index in [2.05, 4.69) is 104 Å². The fraction of sp³-hybridized carbons (Fsp3) is 0.754. The first-order chi connectivity index (χ1) is 42.8. The molecule has 3 fully saturated rings. The van der Waals surface area contributed by atoms with Gasteiger partial charge in [-0.15, -0.1) is 0 Å². The quantitative estimate of drug-likeness (QED) is 0.0202. The molecule has 12 N–H and O–H groups in total. The lowest BCUT2D eigenvalue weighted by atomic mass is 9.96. The molecule has 0 radical (unpaired) electrons. The number of ether oxygens (including phenoxy) is 6. The van der Waals surface area contributed by atoms with Gasteiger partial charge in [0.1, 0.15) is 73.2 Å². The molecule has 0 bridgehead atoms. The highest BCUT2D eigenvalue weighted by Gasteiger charge is 2.53. The van der Waals surface area contributed by atoms with E-state index in [0.29, 0.717) is 12.8 Å². The molecule has 3 aliphatic rings. The molecule has 1 amide bonds. The van der Waals surface area contributed by atoms with Crippen LogP contribution in [0.3, 0.4) is 0 Å². The minimum atomic E-state index is -1.99. The third kappa shape index (κ3) is 32.3. The summed E-state index contributed by atoms with van der Waals surface area (Å²) in [6, 6.07) is -1.00. The number of aliphatic hydroxyl groups excluding tert-OH is 11. The number of hydrogen-bond acceptors (Lipinski definition) is 18. The predicted octanol–water partition coefficient (Wildman–Crippen LogP) is 8.10. The van der Waals surface area contributed by atoms with Crippen molar-refractivity contribution in [3.05, 3.63) is 97.2 Å². The molecule has 0 aromatic heterocycles. The smallest absolute Gasteiger partial charge is 0.220 e. The van der Waals surface area contributed by atoms with Gasteiger partial charge in [-0.3, -0.25) is 4.79 Å². The van der Waals surface area contributed by atoms with Gasteiger partial charge in [0.2, 0.25) is 5.91 Å². The Balaban J connectivity index is 1.45. The molecule has 17 atom stereocenters. The Hall–Kier alpha value is -3.29. The SMILES string of the molecule is CC/C=C\C/C=C\C/C=C\C/C=C\C/C=C\CCCCCCCCCCCCCC(=O)NC(COC1OC(CO)C(OC2OC(CO)C(OC3OC(CO)C(O)C(O)C3O)C(O)C2O)C(O)C1O)C(O)/C=C/CC/C=C/CC/C=C/CCCCCCCC. The molecule has 0 aromatic rings. The molecule has 17 unspecified atom stereocenters. The molecule has 19 heteroatoms. The lowest BCUT2D eigenvalue weighted by molar-refractivity contribution is -0.379. The van der Waals surface area contributed by atoms with Crippen LogP contribution in [0.1, 0.15) is 200 Å². The summed E-state index contributed by atoms with van der Waals surface area (Å²) in [5, 5.41) is 120. The summed E-state index contributed by atoms with van der Waals surface area (Å²) in [5.74, 6) is -0.298. The lowest BCUT2D eigenvalue weighted by Crippen LogP contribution is -2.66. The molecule has 0 saturated carbocycles. The number of rotatable bonds is 49.